The highest BCUT2D eigenvalue weighted by molar-refractivity contribution is 6.30. The van der Waals surface area contributed by atoms with Crippen LogP contribution in [0.5, 0.6) is 0 Å². The molecular weight excluding hydrogens is 336 g/mol. The number of rotatable bonds is 4. The van der Waals surface area contributed by atoms with E-state index in [1.54, 1.807) is 24.4 Å². The first-order valence-corrected chi connectivity index (χ1v) is 8.77. The van der Waals surface area contributed by atoms with Crippen molar-refractivity contribution in [2.24, 2.45) is 0 Å². The van der Waals surface area contributed by atoms with Gasteiger partial charge in [-0.3, -0.25) is 9.89 Å². The molecule has 0 unspecified atom stereocenters. The highest BCUT2D eigenvalue weighted by Crippen LogP contribution is 2.25. The Morgan fingerprint density at radius 3 is 2.68 bits per heavy atom. The zero-order chi connectivity index (χ0) is 17.6. The molecular formula is C19H19ClN4O. The molecule has 0 spiro atoms. The number of nitrogens with one attached hydrogen (secondary N) is 2. The lowest BCUT2D eigenvalue weighted by atomic mass is 9.95. The molecule has 1 aromatic heterocycles. The number of H-pyrrole nitrogens is 1. The van der Waals surface area contributed by atoms with Gasteiger partial charge in [0.1, 0.15) is 11.6 Å². The average molecular weight is 355 g/mol. The molecule has 1 amide bonds. The predicted molar refractivity (Wildman–Crippen MR) is 97.6 cm³/mol. The Morgan fingerprint density at radius 1 is 1.28 bits per heavy atom. The maximum absolute atomic E-state index is 12.4. The predicted octanol–water partition coefficient (Wildman–Crippen LogP) is 4.09. The highest BCUT2D eigenvalue weighted by atomic mass is 35.5. The van der Waals surface area contributed by atoms with Gasteiger partial charge in [0.15, 0.2) is 0 Å². The fraction of sp³-hybridized carbons (Fsp3) is 0.316. The van der Waals surface area contributed by atoms with Crippen molar-refractivity contribution in [3.8, 4) is 17.3 Å². The number of amides is 1. The Balaban J connectivity index is 1.81. The molecule has 0 radical (unpaired) electrons. The molecule has 1 aliphatic rings. The third-order valence-corrected chi connectivity index (χ3v) is 4.66. The van der Waals surface area contributed by atoms with E-state index in [-0.39, 0.29) is 17.5 Å². The number of aromatic nitrogens is 2. The number of benzene rings is 1. The first kappa shape index (κ1) is 17.2. The lowest BCUT2D eigenvalue weighted by Gasteiger charge is -2.22. The minimum Gasteiger partial charge on any atom is -0.349 e. The Morgan fingerprint density at radius 2 is 2.00 bits per heavy atom. The molecule has 0 bridgehead atoms. The molecule has 5 nitrogen and oxygen atoms in total. The number of carbonyl (C=O) groups is 1. The van der Waals surface area contributed by atoms with Gasteiger partial charge in [0, 0.05) is 22.2 Å². The fourth-order valence-corrected chi connectivity index (χ4v) is 3.19. The van der Waals surface area contributed by atoms with E-state index >= 15 is 0 Å². The first-order chi connectivity index (χ1) is 12.2. The molecule has 0 atom stereocenters. The first-order valence-electron chi connectivity index (χ1n) is 8.39. The molecule has 0 saturated heterocycles. The van der Waals surface area contributed by atoms with Gasteiger partial charge in [0.2, 0.25) is 0 Å². The van der Waals surface area contributed by atoms with Crippen LogP contribution in [0.4, 0.5) is 0 Å². The minimum atomic E-state index is -0.322. The van der Waals surface area contributed by atoms with Gasteiger partial charge in [-0.05, 0) is 31.1 Å². The normalized spacial score (nSPS) is 15.6. The molecule has 2 aromatic rings. The summed E-state index contributed by atoms with van der Waals surface area (Å²) in [6, 6.07) is 9.46. The highest BCUT2D eigenvalue weighted by Gasteiger charge is 2.18. The summed E-state index contributed by atoms with van der Waals surface area (Å²) < 4.78 is 0. The van der Waals surface area contributed by atoms with Crippen LogP contribution in [0.1, 0.15) is 37.7 Å². The molecule has 2 N–H and O–H groups in total. The number of nitriles is 1. The summed E-state index contributed by atoms with van der Waals surface area (Å²) in [6.45, 7) is 0. The Hall–Kier alpha value is -2.58. The second kappa shape index (κ2) is 8.00. The molecule has 1 heterocycles. The Kier molecular flexibility index (Phi) is 5.52. The van der Waals surface area contributed by atoms with Gasteiger partial charge in [-0.1, -0.05) is 43.0 Å². The molecule has 3 rings (SSSR count). The van der Waals surface area contributed by atoms with E-state index < -0.39 is 0 Å². The summed E-state index contributed by atoms with van der Waals surface area (Å²) in [6.07, 6.45) is 8.60. The summed E-state index contributed by atoms with van der Waals surface area (Å²) in [5.74, 6) is -0.322. The van der Waals surface area contributed by atoms with Crippen molar-refractivity contribution in [3.05, 3.63) is 46.6 Å². The van der Waals surface area contributed by atoms with Crippen molar-refractivity contribution in [3.63, 3.8) is 0 Å². The second-order valence-corrected chi connectivity index (χ2v) is 6.62. The monoisotopic (exact) mass is 354 g/mol. The van der Waals surface area contributed by atoms with Crippen LogP contribution < -0.4 is 5.32 Å². The smallest absolute Gasteiger partial charge is 0.262 e. The van der Waals surface area contributed by atoms with Gasteiger partial charge in [-0.15, -0.1) is 0 Å². The number of halogens is 1. The van der Waals surface area contributed by atoms with Crippen LogP contribution in [0.3, 0.4) is 0 Å². The van der Waals surface area contributed by atoms with Crippen molar-refractivity contribution in [1.82, 2.24) is 15.5 Å². The zero-order valence-corrected chi connectivity index (χ0v) is 14.5. The van der Waals surface area contributed by atoms with Gasteiger partial charge in [0.25, 0.3) is 5.91 Å². The van der Waals surface area contributed by atoms with Crippen LogP contribution in [-0.4, -0.2) is 22.1 Å². The minimum absolute atomic E-state index is 0.0854. The maximum Gasteiger partial charge on any atom is 0.262 e. The van der Waals surface area contributed by atoms with Crippen LogP contribution in [-0.2, 0) is 4.79 Å². The van der Waals surface area contributed by atoms with Crippen LogP contribution >= 0.6 is 11.6 Å². The Labute approximate surface area is 151 Å². The van der Waals surface area contributed by atoms with Gasteiger partial charge in [0.05, 0.1) is 11.9 Å². The van der Waals surface area contributed by atoms with Crippen LogP contribution in [0.2, 0.25) is 5.02 Å². The van der Waals surface area contributed by atoms with Crippen LogP contribution in [0.25, 0.3) is 17.3 Å². The number of carbonyl (C=O) groups excluding carboxylic acids is 1. The van der Waals surface area contributed by atoms with Crippen molar-refractivity contribution in [2.75, 3.05) is 0 Å². The van der Waals surface area contributed by atoms with Gasteiger partial charge in [-0.25, -0.2) is 0 Å². The molecule has 0 aliphatic heterocycles. The summed E-state index contributed by atoms with van der Waals surface area (Å²) in [4.78, 5) is 12.4. The van der Waals surface area contributed by atoms with Crippen LogP contribution in [0, 0.1) is 11.3 Å². The SMILES string of the molecule is N#C/C(=C/c1cn[nH]c1-c1ccc(Cl)cc1)C(=O)NC1CCCCC1. The van der Waals surface area contributed by atoms with Crippen LogP contribution in [0.15, 0.2) is 36.0 Å². The topological polar surface area (TPSA) is 81.6 Å². The largest absolute Gasteiger partial charge is 0.349 e. The lowest BCUT2D eigenvalue weighted by Crippen LogP contribution is -2.36. The van der Waals surface area contributed by atoms with E-state index in [1.807, 2.05) is 18.2 Å². The number of aromatic amines is 1. The third kappa shape index (κ3) is 4.28. The van der Waals surface area contributed by atoms with Crippen molar-refractivity contribution < 1.29 is 4.79 Å². The maximum atomic E-state index is 12.4. The average Bonchev–Trinajstić information content (AvgIpc) is 3.09. The number of hydrogen-bond donors (Lipinski definition) is 2. The van der Waals surface area contributed by atoms with Crippen molar-refractivity contribution in [2.45, 2.75) is 38.1 Å². The molecule has 1 fully saturated rings. The standard InChI is InChI=1S/C19H19ClN4O/c20-16-8-6-13(7-9-16)18-15(12-22-24-18)10-14(11-21)19(25)23-17-4-2-1-3-5-17/h6-10,12,17H,1-5H2,(H,22,24)(H,23,25)/b14-10-. The van der Waals surface area contributed by atoms with E-state index in [0.29, 0.717) is 10.6 Å². The summed E-state index contributed by atoms with van der Waals surface area (Å²) in [5, 5.41) is 20.0. The quantitative estimate of drug-likeness (QED) is 0.641. The summed E-state index contributed by atoms with van der Waals surface area (Å²) in [5.41, 5.74) is 2.41. The summed E-state index contributed by atoms with van der Waals surface area (Å²) >= 11 is 5.92. The van der Waals surface area contributed by atoms with E-state index in [4.69, 9.17) is 11.6 Å². The molecule has 25 heavy (non-hydrogen) atoms. The molecule has 1 aliphatic carbocycles. The Bertz CT molecular complexity index is 811. The van der Waals surface area contributed by atoms with E-state index in [0.717, 1.165) is 36.9 Å². The van der Waals surface area contributed by atoms with Crippen molar-refractivity contribution >= 4 is 23.6 Å². The lowest BCUT2D eigenvalue weighted by molar-refractivity contribution is -0.117. The summed E-state index contributed by atoms with van der Waals surface area (Å²) in [7, 11) is 0. The fourth-order valence-electron chi connectivity index (χ4n) is 3.07. The number of hydrogen-bond acceptors (Lipinski definition) is 3. The van der Waals surface area contributed by atoms with E-state index in [9.17, 15) is 10.1 Å². The second-order valence-electron chi connectivity index (χ2n) is 6.19. The molecule has 6 heteroatoms. The number of nitrogens with zero attached hydrogens (tertiary/aromatic N) is 2. The van der Waals surface area contributed by atoms with E-state index in [2.05, 4.69) is 15.5 Å². The van der Waals surface area contributed by atoms with Crippen molar-refractivity contribution in [1.29, 1.82) is 5.26 Å². The van der Waals surface area contributed by atoms with Gasteiger partial charge >= 0.3 is 0 Å². The molecule has 1 aromatic carbocycles. The zero-order valence-electron chi connectivity index (χ0n) is 13.8. The molecule has 1 saturated carbocycles. The van der Waals surface area contributed by atoms with Gasteiger partial charge in [-0.2, -0.15) is 10.4 Å². The molecule has 128 valence electrons. The third-order valence-electron chi connectivity index (χ3n) is 4.41. The van der Waals surface area contributed by atoms with E-state index in [1.165, 1.54) is 6.42 Å². The van der Waals surface area contributed by atoms with Gasteiger partial charge < -0.3 is 5.32 Å².